The minimum absolute atomic E-state index is 0.00486. The van der Waals surface area contributed by atoms with Gasteiger partial charge in [0.25, 0.3) is 0 Å². The minimum atomic E-state index is -0.978. The summed E-state index contributed by atoms with van der Waals surface area (Å²) in [4.78, 5) is 27.4. The van der Waals surface area contributed by atoms with Crippen LogP contribution in [0.4, 0.5) is 8.78 Å². The summed E-state index contributed by atoms with van der Waals surface area (Å²) < 4.78 is 31.8. The predicted molar refractivity (Wildman–Crippen MR) is 76.6 cm³/mol. The molecule has 1 aliphatic rings. The van der Waals surface area contributed by atoms with E-state index in [0.717, 1.165) is 18.2 Å². The van der Waals surface area contributed by atoms with Crippen LogP contribution < -0.4 is 5.32 Å². The molecule has 8 heteroatoms. The van der Waals surface area contributed by atoms with Gasteiger partial charge in [0.15, 0.2) is 0 Å². The molecule has 2 rings (SSSR count). The highest BCUT2D eigenvalue weighted by molar-refractivity contribution is 6.03. The largest absolute Gasteiger partial charge is 0.463 e. The van der Waals surface area contributed by atoms with Gasteiger partial charge < -0.3 is 14.9 Å². The molecule has 124 valence electrons. The number of hydrogen-bond donors (Lipinski definition) is 1. The van der Waals surface area contributed by atoms with E-state index in [1.54, 1.807) is 0 Å². The van der Waals surface area contributed by atoms with Gasteiger partial charge in [0.05, 0.1) is 12.3 Å². The lowest BCUT2D eigenvalue weighted by atomic mass is 10.0. The summed E-state index contributed by atoms with van der Waals surface area (Å²) in [6.45, 7) is 1.90. The Morgan fingerprint density at radius 3 is 2.96 bits per heavy atom. The highest BCUT2D eigenvalue weighted by Gasteiger charge is 2.31. The van der Waals surface area contributed by atoms with E-state index in [-0.39, 0.29) is 30.2 Å². The summed E-state index contributed by atoms with van der Waals surface area (Å²) in [5.41, 5.74) is 0.119. The molecule has 1 aliphatic heterocycles. The Balaban J connectivity index is 1.81. The summed E-state index contributed by atoms with van der Waals surface area (Å²) in [5.74, 6) is -2.04. The Hall–Kier alpha value is -2.51. The quantitative estimate of drug-likeness (QED) is 0.635. The van der Waals surface area contributed by atoms with Gasteiger partial charge in [-0.25, -0.2) is 13.6 Å². The normalized spacial score (nSPS) is 16.5. The van der Waals surface area contributed by atoms with Crippen molar-refractivity contribution < 1.29 is 27.9 Å². The number of nitrogens with one attached hydrogen (secondary N) is 1. The summed E-state index contributed by atoms with van der Waals surface area (Å²) in [5, 5.41) is 6.20. The Bertz CT molecular complexity index is 634. The Labute approximate surface area is 131 Å². The van der Waals surface area contributed by atoms with Crippen molar-refractivity contribution in [2.45, 2.75) is 25.9 Å². The summed E-state index contributed by atoms with van der Waals surface area (Å²) >= 11 is 0. The molecule has 1 heterocycles. The summed E-state index contributed by atoms with van der Waals surface area (Å²) in [6.07, 6.45) is -0.511. The fourth-order valence-electron chi connectivity index (χ4n) is 1.98. The van der Waals surface area contributed by atoms with Gasteiger partial charge in [-0.05, 0) is 24.6 Å². The van der Waals surface area contributed by atoms with Crippen LogP contribution in [0.25, 0.3) is 0 Å². The van der Waals surface area contributed by atoms with Gasteiger partial charge >= 0.3 is 5.97 Å². The third kappa shape index (κ3) is 4.73. The van der Waals surface area contributed by atoms with Crippen LogP contribution in [0.1, 0.15) is 25.3 Å². The van der Waals surface area contributed by atoms with Crippen molar-refractivity contribution in [3.63, 3.8) is 0 Å². The van der Waals surface area contributed by atoms with Crippen molar-refractivity contribution in [3.8, 4) is 0 Å². The Morgan fingerprint density at radius 1 is 1.43 bits per heavy atom. The Morgan fingerprint density at radius 2 is 2.22 bits per heavy atom. The molecule has 0 aromatic heterocycles. The molecular formula is C15H16F2N2O4. The number of rotatable bonds is 6. The number of amides is 1. The van der Waals surface area contributed by atoms with E-state index in [9.17, 15) is 18.4 Å². The molecule has 0 spiro atoms. The molecule has 1 atom stereocenters. The zero-order chi connectivity index (χ0) is 16.8. The number of carbonyl (C=O) groups excluding carboxylic acids is 2. The number of oxime groups is 1. The molecule has 23 heavy (non-hydrogen) atoms. The smallest absolute Gasteiger partial charge is 0.350 e. The van der Waals surface area contributed by atoms with Crippen LogP contribution >= 0.6 is 0 Å². The van der Waals surface area contributed by atoms with E-state index in [1.165, 1.54) is 6.92 Å². The lowest BCUT2D eigenvalue weighted by molar-refractivity contribution is -0.155. The molecule has 1 N–H and O–H groups in total. The number of ether oxygens (including phenoxy) is 1. The molecule has 0 saturated carbocycles. The molecule has 1 unspecified atom stereocenters. The second-order valence-corrected chi connectivity index (χ2v) is 4.96. The van der Waals surface area contributed by atoms with Crippen LogP contribution in [0.3, 0.4) is 0 Å². The highest BCUT2D eigenvalue weighted by Crippen LogP contribution is 2.20. The van der Waals surface area contributed by atoms with E-state index < -0.39 is 23.7 Å². The molecule has 0 saturated heterocycles. The van der Waals surface area contributed by atoms with Crippen molar-refractivity contribution in [1.29, 1.82) is 0 Å². The molecule has 0 aliphatic carbocycles. The third-order valence-electron chi connectivity index (χ3n) is 3.11. The lowest BCUT2D eigenvalue weighted by Crippen LogP contribution is -2.26. The van der Waals surface area contributed by atoms with Gasteiger partial charge in [-0.1, -0.05) is 5.16 Å². The second-order valence-electron chi connectivity index (χ2n) is 4.96. The Kier molecular flexibility index (Phi) is 5.61. The van der Waals surface area contributed by atoms with Gasteiger partial charge in [0.1, 0.15) is 11.6 Å². The van der Waals surface area contributed by atoms with Crippen LogP contribution in [0.2, 0.25) is 0 Å². The average Bonchev–Trinajstić information content (AvgIpc) is 2.98. The molecular weight excluding hydrogens is 310 g/mol. The first-order valence-electron chi connectivity index (χ1n) is 7.06. The van der Waals surface area contributed by atoms with E-state index in [4.69, 9.17) is 9.57 Å². The molecule has 0 radical (unpaired) electrons. The number of halogens is 2. The number of benzene rings is 1. The SMILES string of the molecule is CC(=O)NCCCOC(=O)C1CC(c2cc(F)ccc2F)=NO1. The highest BCUT2D eigenvalue weighted by atomic mass is 19.1. The predicted octanol–water partition coefficient (Wildman–Crippen LogP) is 1.53. The van der Waals surface area contributed by atoms with Crippen molar-refractivity contribution in [3.05, 3.63) is 35.4 Å². The fraction of sp³-hybridized carbons (Fsp3) is 0.400. The van der Waals surface area contributed by atoms with Crippen molar-refractivity contribution in [1.82, 2.24) is 5.32 Å². The van der Waals surface area contributed by atoms with Gasteiger partial charge in [0.2, 0.25) is 12.0 Å². The monoisotopic (exact) mass is 326 g/mol. The summed E-state index contributed by atoms with van der Waals surface area (Å²) in [7, 11) is 0. The topological polar surface area (TPSA) is 77.0 Å². The van der Waals surface area contributed by atoms with Crippen LogP contribution in [0, 0.1) is 11.6 Å². The number of hydrogen-bond acceptors (Lipinski definition) is 5. The van der Waals surface area contributed by atoms with Gasteiger partial charge in [-0.3, -0.25) is 4.79 Å². The van der Waals surface area contributed by atoms with Gasteiger partial charge in [0, 0.05) is 25.5 Å². The lowest BCUT2D eigenvalue weighted by Gasteiger charge is -2.09. The van der Waals surface area contributed by atoms with Crippen molar-refractivity contribution in [2.75, 3.05) is 13.2 Å². The second kappa shape index (κ2) is 7.66. The molecule has 1 amide bonds. The summed E-state index contributed by atoms with van der Waals surface area (Å²) in [6, 6.07) is 2.98. The zero-order valence-corrected chi connectivity index (χ0v) is 12.5. The van der Waals surface area contributed by atoms with Crippen LogP contribution in [0.5, 0.6) is 0 Å². The van der Waals surface area contributed by atoms with Crippen molar-refractivity contribution >= 4 is 17.6 Å². The molecule has 1 aromatic carbocycles. The van der Waals surface area contributed by atoms with Gasteiger partial charge in [-0.2, -0.15) is 0 Å². The number of nitrogens with zero attached hydrogens (tertiary/aromatic N) is 1. The van der Waals surface area contributed by atoms with E-state index in [0.29, 0.717) is 13.0 Å². The van der Waals surface area contributed by atoms with E-state index in [2.05, 4.69) is 10.5 Å². The van der Waals surface area contributed by atoms with E-state index >= 15 is 0 Å². The first-order chi connectivity index (χ1) is 11.0. The first-order valence-corrected chi connectivity index (χ1v) is 7.06. The maximum absolute atomic E-state index is 13.6. The standard InChI is InChI=1S/C15H16F2N2O4/c1-9(20)18-5-2-6-22-15(21)14-8-13(19-23-14)11-7-10(16)3-4-12(11)17/h3-4,7,14H,2,5-6,8H2,1H3,(H,18,20). The molecule has 6 nitrogen and oxygen atoms in total. The number of carbonyl (C=O) groups is 2. The zero-order valence-electron chi connectivity index (χ0n) is 12.5. The van der Waals surface area contributed by atoms with Crippen molar-refractivity contribution in [2.24, 2.45) is 5.16 Å². The maximum Gasteiger partial charge on any atom is 0.350 e. The van der Waals surface area contributed by atoms with Gasteiger partial charge in [-0.15, -0.1) is 0 Å². The number of esters is 1. The van der Waals surface area contributed by atoms with Crippen LogP contribution in [0.15, 0.2) is 23.4 Å². The minimum Gasteiger partial charge on any atom is -0.463 e. The van der Waals surface area contributed by atoms with E-state index in [1.807, 2.05) is 0 Å². The molecule has 0 fully saturated rings. The molecule has 0 bridgehead atoms. The third-order valence-corrected chi connectivity index (χ3v) is 3.11. The molecule has 1 aromatic rings. The first kappa shape index (κ1) is 16.9. The average molecular weight is 326 g/mol. The van der Waals surface area contributed by atoms with Crippen LogP contribution in [-0.4, -0.2) is 36.8 Å². The fourth-order valence-corrected chi connectivity index (χ4v) is 1.98. The maximum atomic E-state index is 13.6. The van der Waals surface area contributed by atoms with Crippen LogP contribution in [-0.2, 0) is 19.2 Å².